The molecule has 1 aromatic rings. The van der Waals surface area contributed by atoms with Gasteiger partial charge in [0, 0.05) is 25.7 Å². The van der Waals surface area contributed by atoms with E-state index >= 15 is 0 Å². The molecule has 1 unspecified atom stereocenters. The lowest BCUT2D eigenvalue weighted by Crippen LogP contribution is -2.42. The molecule has 116 valence electrons. The summed E-state index contributed by atoms with van der Waals surface area (Å²) in [5.41, 5.74) is 1.09. The lowest BCUT2D eigenvalue weighted by Gasteiger charge is -2.28. The standard InChI is InChI=1S/C15H25N5O/c1-5-17-13-12(10(2)3)14(19-9-18-13)20-8-6-7-11(20)15(21)16-4/h9-11H,5-8H2,1-4H3,(H,16,21)(H,17,18,19). The molecule has 2 rings (SSSR count). The summed E-state index contributed by atoms with van der Waals surface area (Å²) in [6, 6.07) is -0.128. The summed E-state index contributed by atoms with van der Waals surface area (Å²) < 4.78 is 0. The maximum Gasteiger partial charge on any atom is 0.242 e. The number of anilines is 2. The van der Waals surface area contributed by atoms with Gasteiger partial charge < -0.3 is 15.5 Å². The molecule has 1 aliphatic heterocycles. The Morgan fingerprint density at radius 3 is 2.86 bits per heavy atom. The highest BCUT2D eigenvalue weighted by atomic mass is 16.2. The number of nitrogens with one attached hydrogen (secondary N) is 2. The summed E-state index contributed by atoms with van der Waals surface area (Å²) in [6.07, 6.45) is 3.46. The average molecular weight is 291 g/mol. The number of carbonyl (C=O) groups is 1. The van der Waals surface area contributed by atoms with Crippen molar-refractivity contribution in [2.45, 2.75) is 45.6 Å². The van der Waals surface area contributed by atoms with E-state index in [9.17, 15) is 4.79 Å². The van der Waals surface area contributed by atoms with Crippen LogP contribution in [0.15, 0.2) is 6.33 Å². The summed E-state index contributed by atoms with van der Waals surface area (Å²) in [5.74, 6) is 2.12. The number of nitrogens with zero attached hydrogens (tertiary/aromatic N) is 3. The Balaban J connectivity index is 2.42. The molecule has 1 aromatic heterocycles. The van der Waals surface area contributed by atoms with Crippen LogP contribution in [-0.4, -0.2) is 42.1 Å². The Bertz CT molecular complexity index is 503. The minimum atomic E-state index is -0.128. The molecule has 1 atom stereocenters. The third kappa shape index (κ3) is 3.09. The predicted molar refractivity (Wildman–Crippen MR) is 84.7 cm³/mol. The van der Waals surface area contributed by atoms with Crippen LogP contribution in [0, 0.1) is 0 Å². The smallest absolute Gasteiger partial charge is 0.242 e. The van der Waals surface area contributed by atoms with Crippen molar-refractivity contribution in [3.05, 3.63) is 11.9 Å². The van der Waals surface area contributed by atoms with E-state index in [1.54, 1.807) is 13.4 Å². The van der Waals surface area contributed by atoms with E-state index in [0.29, 0.717) is 5.92 Å². The van der Waals surface area contributed by atoms with Gasteiger partial charge in [0.05, 0.1) is 0 Å². The summed E-state index contributed by atoms with van der Waals surface area (Å²) in [5, 5.41) is 6.06. The zero-order valence-corrected chi connectivity index (χ0v) is 13.3. The average Bonchev–Trinajstić information content (AvgIpc) is 2.95. The van der Waals surface area contributed by atoms with E-state index in [1.807, 2.05) is 0 Å². The normalized spacial score (nSPS) is 18.1. The van der Waals surface area contributed by atoms with Crippen LogP contribution in [0.1, 0.15) is 45.1 Å². The van der Waals surface area contributed by atoms with Crippen molar-refractivity contribution in [1.82, 2.24) is 15.3 Å². The maximum atomic E-state index is 12.1. The number of aromatic nitrogens is 2. The topological polar surface area (TPSA) is 70.2 Å². The lowest BCUT2D eigenvalue weighted by atomic mass is 10.0. The maximum absolute atomic E-state index is 12.1. The van der Waals surface area contributed by atoms with Gasteiger partial charge in [-0.15, -0.1) is 0 Å². The fraction of sp³-hybridized carbons (Fsp3) is 0.667. The Labute approximate surface area is 126 Å². The zero-order valence-electron chi connectivity index (χ0n) is 13.3. The first-order valence-corrected chi connectivity index (χ1v) is 7.67. The second-order valence-electron chi connectivity index (χ2n) is 5.61. The lowest BCUT2D eigenvalue weighted by molar-refractivity contribution is -0.121. The fourth-order valence-electron chi connectivity index (χ4n) is 2.91. The van der Waals surface area contributed by atoms with E-state index in [0.717, 1.165) is 43.1 Å². The zero-order chi connectivity index (χ0) is 15.4. The summed E-state index contributed by atoms with van der Waals surface area (Å²) in [7, 11) is 1.69. The molecule has 0 aliphatic carbocycles. The van der Waals surface area contributed by atoms with Crippen molar-refractivity contribution in [1.29, 1.82) is 0 Å². The molecule has 0 aromatic carbocycles. The van der Waals surface area contributed by atoms with Crippen molar-refractivity contribution in [2.75, 3.05) is 30.4 Å². The molecule has 1 fully saturated rings. The number of rotatable bonds is 5. The molecule has 2 heterocycles. The van der Waals surface area contributed by atoms with Gasteiger partial charge in [-0.25, -0.2) is 9.97 Å². The van der Waals surface area contributed by atoms with E-state index < -0.39 is 0 Å². The van der Waals surface area contributed by atoms with Gasteiger partial charge in [0.1, 0.15) is 24.0 Å². The number of carbonyl (C=O) groups excluding carboxylic acids is 1. The van der Waals surface area contributed by atoms with E-state index in [1.165, 1.54) is 0 Å². The molecule has 6 nitrogen and oxygen atoms in total. The van der Waals surface area contributed by atoms with Crippen LogP contribution in [0.5, 0.6) is 0 Å². The number of hydrogen-bond donors (Lipinski definition) is 2. The van der Waals surface area contributed by atoms with Crippen molar-refractivity contribution in [3.63, 3.8) is 0 Å². The second-order valence-corrected chi connectivity index (χ2v) is 5.61. The Kier molecular flexibility index (Phi) is 4.98. The SMILES string of the molecule is CCNc1ncnc(N2CCCC2C(=O)NC)c1C(C)C. The number of amides is 1. The molecule has 2 N–H and O–H groups in total. The molecular formula is C15H25N5O. The highest BCUT2D eigenvalue weighted by Gasteiger charge is 2.33. The van der Waals surface area contributed by atoms with E-state index in [-0.39, 0.29) is 11.9 Å². The summed E-state index contributed by atoms with van der Waals surface area (Å²) in [4.78, 5) is 23.0. The molecule has 0 saturated carbocycles. The second kappa shape index (κ2) is 6.74. The minimum Gasteiger partial charge on any atom is -0.370 e. The molecular weight excluding hydrogens is 266 g/mol. The first-order valence-electron chi connectivity index (χ1n) is 7.67. The summed E-state index contributed by atoms with van der Waals surface area (Å²) >= 11 is 0. The van der Waals surface area contributed by atoms with Gasteiger partial charge in [0.2, 0.25) is 5.91 Å². The third-order valence-corrected chi connectivity index (χ3v) is 3.86. The molecule has 0 radical (unpaired) electrons. The van der Waals surface area contributed by atoms with Crippen LogP contribution in [-0.2, 0) is 4.79 Å². The highest BCUT2D eigenvalue weighted by molar-refractivity contribution is 5.85. The van der Waals surface area contributed by atoms with E-state index in [4.69, 9.17) is 0 Å². The van der Waals surface area contributed by atoms with Gasteiger partial charge >= 0.3 is 0 Å². The molecule has 6 heteroatoms. The van der Waals surface area contributed by atoms with Crippen molar-refractivity contribution < 1.29 is 4.79 Å². The largest absolute Gasteiger partial charge is 0.370 e. The van der Waals surface area contributed by atoms with Crippen LogP contribution >= 0.6 is 0 Å². The van der Waals surface area contributed by atoms with Gasteiger partial charge in [0.15, 0.2) is 0 Å². The number of likely N-dealkylation sites (N-methyl/N-ethyl adjacent to an activating group) is 1. The van der Waals surface area contributed by atoms with Crippen molar-refractivity contribution in [2.24, 2.45) is 0 Å². The Morgan fingerprint density at radius 1 is 1.48 bits per heavy atom. The number of hydrogen-bond acceptors (Lipinski definition) is 5. The quantitative estimate of drug-likeness (QED) is 0.865. The fourth-order valence-corrected chi connectivity index (χ4v) is 2.91. The molecule has 0 spiro atoms. The van der Waals surface area contributed by atoms with Gasteiger partial charge in [-0.05, 0) is 25.7 Å². The van der Waals surface area contributed by atoms with Crippen LogP contribution in [0.25, 0.3) is 0 Å². The van der Waals surface area contributed by atoms with Crippen LogP contribution in [0.2, 0.25) is 0 Å². The first-order chi connectivity index (χ1) is 10.1. The highest BCUT2D eigenvalue weighted by Crippen LogP contribution is 2.34. The predicted octanol–water partition coefficient (Wildman–Crippen LogP) is 1.75. The first kappa shape index (κ1) is 15.5. The van der Waals surface area contributed by atoms with Gasteiger partial charge in [0.25, 0.3) is 0 Å². The van der Waals surface area contributed by atoms with Crippen LogP contribution in [0.4, 0.5) is 11.6 Å². The van der Waals surface area contributed by atoms with Crippen molar-refractivity contribution in [3.8, 4) is 0 Å². The minimum absolute atomic E-state index is 0.0609. The monoisotopic (exact) mass is 291 g/mol. The van der Waals surface area contributed by atoms with Crippen molar-refractivity contribution >= 4 is 17.5 Å². The van der Waals surface area contributed by atoms with E-state index in [2.05, 4.69) is 46.3 Å². The molecule has 0 bridgehead atoms. The molecule has 1 aliphatic rings. The molecule has 1 saturated heterocycles. The Hall–Kier alpha value is -1.85. The third-order valence-electron chi connectivity index (χ3n) is 3.86. The summed E-state index contributed by atoms with van der Waals surface area (Å²) in [6.45, 7) is 7.99. The molecule has 1 amide bonds. The van der Waals surface area contributed by atoms with Gasteiger partial charge in [-0.3, -0.25) is 4.79 Å². The van der Waals surface area contributed by atoms with Gasteiger partial charge in [-0.1, -0.05) is 13.8 Å². The van der Waals surface area contributed by atoms with Gasteiger partial charge in [-0.2, -0.15) is 0 Å². The Morgan fingerprint density at radius 2 is 2.24 bits per heavy atom. The van der Waals surface area contributed by atoms with Crippen LogP contribution < -0.4 is 15.5 Å². The molecule has 21 heavy (non-hydrogen) atoms. The van der Waals surface area contributed by atoms with Crippen LogP contribution in [0.3, 0.4) is 0 Å².